The maximum atomic E-state index is 11.4. The Morgan fingerprint density at radius 1 is 1.73 bits per heavy atom. The van der Waals surface area contributed by atoms with Gasteiger partial charge in [0.15, 0.2) is 5.82 Å². The number of anilines is 1. The number of likely N-dealkylation sites (N-methyl/N-ethyl adjacent to an activating group) is 1. The van der Waals surface area contributed by atoms with Crippen molar-refractivity contribution < 1.29 is 9.53 Å². The van der Waals surface area contributed by atoms with E-state index < -0.39 is 6.23 Å². The molecule has 0 aliphatic carbocycles. The number of fused-ring (bicyclic) bond motifs is 1. The van der Waals surface area contributed by atoms with Crippen molar-refractivity contribution in [2.75, 3.05) is 11.9 Å². The largest absolute Gasteiger partial charge is 0.443 e. The van der Waals surface area contributed by atoms with Crippen LogP contribution < -0.4 is 9.64 Å². The molecule has 0 aromatic carbocycles. The van der Waals surface area contributed by atoms with Crippen LogP contribution in [0.2, 0.25) is 0 Å². The fraction of sp³-hybridized carbons (Fsp3) is 0.300. The third kappa shape index (κ3) is 1.45. The van der Waals surface area contributed by atoms with Crippen molar-refractivity contribution in [2.24, 2.45) is 0 Å². The number of carbonyl (C=O) groups is 1. The summed E-state index contributed by atoms with van der Waals surface area (Å²) in [6, 6.07) is 0. The van der Waals surface area contributed by atoms with Crippen LogP contribution >= 0.6 is 0 Å². The van der Waals surface area contributed by atoms with Crippen molar-refractivity contribution in [3.05, 3.63) is 24.5 Å². The van der Waals surface area contributed by atoms with Crippen LogP contribution in [0.1, 0.15) is 5.69 Å². The van der Waals surface area contributed by atoms with Crippen LogP contribution in [-0.4, -0.2) is 29.0 Å². The fourth-order valence-electron chi connectivity index (χ4n) is 1.41. The Kier molecular flexibility index (Phi) is 2.15. The molecule has 0 saturated carbocycles. The molecule has 0 spiro atoms. The fourth-order valence-corrected chi connectivity index (χ4v) is 1.41. The molecule has 5 heteroatoms. The number of hydrogen-bond donors (Lipinski definition) is 0. The van der Waals surface area contributed by atoms with E-state index in [9.17, 15) is 4.79 Å². The highest BCUT2D eigenvalue weighted by molar-refractivity contribution is 5.96. The molecule has 2 rings (SSSR count). The minimum Gasteiger partial charge on any atom is -0.443 e. The molecule has 0 amide bonds. The highest BCUT2D eigenvalue weighted by atomic mass is 16.5. The summed E-state index contributed by atoms with van der Waals surface area (Å²) in [5, 5.41) is 0. The second-order valence-electron chi connectivity index (χ2n) is 3.33. The van der Waals surface area contributed by atoms with E-state index in [1.807, 2.05) is 6.92 Å². The Morgan fingerprint density at radius 2 is 2.47 bits per heavy atom. The molecular weight excluding hydrogens is 194 g/mol. The molecule has 5 nitrogen and oxygen atoms in total. The van der Waals surface area contributed by atoms with Crippen molar-refractivity contribution in [1.82, 2.24) is 9.97 Å². The number of nitrogens with zero attached hydrogens (tertiary/aromatic N) is 3. The lowest BCUT2D eigenvalue weighted by atomic mass is 10.3. The van der Waals surface area contributed by atoms with Gasteiger partial charge in [-0.1, -0.05) is 6.58 Å². The maximum absolute atomic E-state index is 11.4. The summed E-state index contributed by atoms with van der Waals surface area (Å²) >= 11 is 0. The molecule has 1 atom stereocenters. The number of ketones is 1. The van der Waals surface area contributed by atoms with Gasteiger partial charge in [0.1, 0.15) is 0 Å². The van der Waals surface area contributed by atoms with Gasteiger partial charge in [0.25, 0.3) is 5.88 Å². The number of carbonyl (C=O) groups excluding carboxylic acids is 1. The van der Waals surface area contributed by atoms with Gasteiger partial charge in [-0.25, -0.2) is 9.97 Å². The summed E-state index contributed by atoms with van der Waals surface area (Å²) in [5.74, 6) is 0.786. The van der Waals surface area contributed by atoms with E-state index in [1.165, 1.54) is 6.08 Å². The van der Waals surface area contributed by atoms with Crippen LogP contribution in [0.5, 0.6) is 5.88 Å². The van der Waals surface area contributed by atoms with Crippen molar-refractivity contribution >= 4 is 11.6 Å². The molecule has 1 unspecified atom stereocenters. The molecule has 78 valence electrons. The molecule has 1 aliphatic rings. The van der Waals surface area contributed by atoms with Crippen LogP contribution in [0.4, 0.5) is 5.82 Å². The average Bonchev–Trinajstić information content (AvgIpc) is 2.55. The lowest BCUT2D eigenvalue weighted by molar-refractivity contribution is -0.120. The normalized spacial score (nSPS) is 18.3. The van der Waals surface area contributed by atoms with E-state index in [2.05, 4.69) is 16.5 Å². The summed E-state index contributed by atoms with van der Waals surface area (Å²) in [6.45, 7) is 5.26. The predicted octanol–water partition coefficient (Wildman–Crippen LogP) is 0.695. The highest BCUT2D eigenvalue weighted by Gasteiger charge is 2.34. The Balaban J connectivity index is 2.37. The molecule has 0 fully saturated rings. The summed E-state index contributed by atoms with van der Waals surface area (Å²) in [7, 11) is 1.74. The van der Waals surface area contributed by atoms with E-state index in [-0.39, 0.29) is 5.78 Å². The van der Waals surface area contributed by atoms with E-state index in [0.29, 0.717) is 11.7 Å². The molecule has 0 saturated heterocycles. The average molecular weight is 205 g/mol. The first kappa shape index (κ1) is 9.64. The van der Waals surface area contributed by atoms with Gasteiger partial charge in [-0.15, -0.1) is 0 Å². The first-order valence-electron chi connectivity index (χ1n) is 4.53. The van der Waals surface area contributed by atoms with Crippen LogP contribution in [0.3, 0.4) is 0 Å². The van der Waals surface area contributed by atoms with Gasteiger partial charge in [0.2, 0.25) is 12.0 Å². The van der Waals surface area contributed by atoms with Crippen LogP contribution in [0.25, 0.3) is 0 Å². The summed E-state index contributed by atoms with van der Waals surface area (Å²) in [4.78, 5) is 21.4. The Morgan fingerprint density at radius 3 is 3.13 bits per heavy atom. The molecule has 0 radical (unpaired) electrons. The van der Waals surface area contributed by atoms with Gasteiger partial charge in [-0.05, 0) is 13.0 Å². The van der Waals surface area contributed by atoms with Crippen LogP contribution in [-0.2, 0) is 4.79 Å². The zero-order valence-corrected chi connectivity index (χ0v) is 8.60. The Hall–Kier alpha value is -1.91. The van der Waals surface area contributed by atoms with E-state index in [0.717, 1.165) is 5.69 Å². The predicted molar refractivity (Wildman–Crippen MR) is 54.8 cm³/mol. The second kappa shape index (κ2) is 3.34. The topological polar surface area (TPSA) is 55.3 Å². The molecule has 1 aromatic rings. The highest BCUT2D eigenvalue weighted by Crippen LogP contribution is 2.32. The van der Waals surface area contributed by atoms with Gasteiger partial charge < -0.3 is 9.64 Å². The molecule has 2 heterocycles. The van der Waals surface area contributed by atoms with Crippen LogP contribution in [0, 0.1) is 6.92 Å². The van der Waals surface area contributed by atoms with E-state index >= 15 is 0 Å². The molecule has 15 heavy (non-hydrogen) atoms. The Labute approximate surface area is 87.4 Å². The zero-order valence-electron chi connectivity index (χ0n) is 8.60. The monoisotopic (exact) mass is 205 g/mol. The SMILES string of the molecule is C=CC(=O)C1Oc2ncc(C)nc2N1C. The zero-order chi connectivity index (χ0) is 11.0. The second-order valence-corrected chi connectivity index (χ2v) is 3.33. The number of aryl methyl sites for hydroxylation is 1. The lowest BCUT2D eigenvalue weighted by Gasteiger charge is -2.15. The summed E-state index contributed by atoms with van der Waals surface area (Å²) in [6.07, 6.45) is 2.16. The smallest absolute Gasteiger partial charge is 0.260 e. The number of aromatic nitrogens is 2. The third-order valence-corrected chi connectivity index (χ3v) is 2.20. The van der Waals surface area contributed by atoms with Gasteiger partial charge >= 0.3 is 0 Å². The first-order chi connectivity index (χ1) is 7.13. The van der Waals surface area contributed by atoms with Crippen molar-refractivity contribution in [3.63, 3.8) is 0 Å². The maximum Gasteiger partial charge on any atom is 0.260 e. The molecule has 1 aliphatic heterocycles. The van der Waals surface area contributed by atoms with Gasteiger partial charge in [-0.2, -0.15) is 0 Å². The van der Waals surface area contributed by atoms with Gasteiger partial charge in [0.05, 0.1) is 11.9 Å². The van der Waals surface area contributed by atoms with Crippen molar-refractivity contribution in [3.8, 4) is 5.88 Å². The van der Waals surface area contributed by atoms with Crippen molar-refractivity contribution in [1.29, 1.82) is 0 Å². The van der Waals surface area contributed by atoms with Gasteiger partial charge in [-0.3, -0.25) is 4.79 Å². The summed E-state index contributed by atoms with van der Waals surface area (Å²) in [5.41, 5.74) is 0.788. The molecule has 0 N–H and O–H groups in total. The minimum atomic E-state index is -0.681. The van der Waals surface area contributed by atoms with Crippen LogP contribution in [0.15, 0.2) is 18.9 Å². The molecule has 1 aromatic heterocycles. The Bertz CT molecular complexity index is 431. The lowest BCUT2D eigenvalue weighted by Crippen LogP contribution is -2.37. The number of rotatable bonds is 2. The third-order valence-electron chi connectivity index (χ3n) is 2.20. The molecular formula is C10H11N3O2. The number of ether oxygens (including phenoxy) is 1. The van der Waals surface area contributed by atoms with E-state index in [1.54, 1.807) is 18.1 Å². The minimum absolute atomic E-state index is 0.199. The first-order valence-corrected chi connectivity index (χ1v) is 4.53. The number of hydrogen-bond acceptors (Lipinski definition) is 5. The van der Waals surface area contributed by atoms with Gasteiger partial charge in [0, 0.05) is 7.05 Å². The van der Waals surface area contributed by atoms with Crippen molar-refractivity contribution in [2.45, 2.75) is 13.2 Å². The van der Waals surface area contributed by atoms with E-state index in [4.69, 9.17) is 4.74 Å². The molecule has 0 bridgehead atoms. The quantitative estimate of drug-likeness (QED) is 0.665. The summed E-state index contributed by atoms with van der Waals surface area (Å²) < 4.78 is 5.36. The standard InChI is InChI=1S/C10H11N3O2/c1-4-7(14)10-13(3)8-9(15-10)11-5-6(2)12-8/h4-5,10H,1H2,2-3H3.